The zero-order chi connectivity index (χ0) is 10.8. The van der Waals surface area contributed by atoms with E-state index in [0.717, 1.165) is 10.1 Å². The van der Waals surface area contributed by atoms with Gasteiger partial charge < -0.3 is 8.98 Å². The summed E-state index contributed by atoms with van der Waals surface area (Å²) in [5.41, 5.74) is 0.156. The highest BCUT2D eigenvalue weighted by molar-refractivity contribution is 5.06. The third kappa shape index (κ3) is 1.76. The second kappa shape index (κ2) is 3.61. The Kier molecular flexibility index (Phi) is 2.29. The van der Waals surface area contributed by atoms with Gasteiger partial charge in [0, 0.05) is 24.9 Å². The molecule has 0 bridgehead atoms. The predicted octanol–water partition coefficient (Wildman–Crippen LogP) is 0.188. The SMILES string of the molecule is Cn1ccc(=O)n(Cc2ccoc2)c1=O. The van der Waals surface area contributed by atoms with Gasteiger partial charge in [-0.3, -0.25) is 9.36 Å². The lowest BCUT2D eigenvalue weighted by atomic mass is 10.3. The monoisotopic (exact) mass is 206 g/mol. The molecule has 0 saturated heterocycles. The maximum absolute atomic E-state index is 11.6. The van der Waals surface area contributed by atoms with Crippen LogP contribution in [0.1, 0.15) is 5.56 Å². The van der Waals surface area contributed by atoms with E-state index in [-0.39, 0.29) is 17.8 Å². The van der Waals surface area contributed by atoms with Crippen molar-refractivity contribution in [3.8, 4) is 0 Å². The van der Waals surface area contributed by atoms with Crippen molar-refractivity contribution in [2.45, 2.75) is 6.54 Å². The number of hydrogen-bond acceptors (Lipinski definition) is 3. The van der Waals surface area contributed by atoms with Crippen molar-refractivity contribution in [3.63, 3.8) is 0 Å². The molecule has 0 radical (unpaired) electrons. The van der Waals surface area contributed by atoms with Gasteiger partial charge in [0.05, 0.1) is 19.1 Å². The first-order valence-electron chi connectivity index (χ1n) is 4.46. The fraction of sp³-hybridized carbons (Fsp3) is 0.200. The summed E-state index contributed by atoms with van der Waals surface area (Å²) in [5.74, 6) is 0. The summed E-state index contributed by atoms with van der Waals surface area (Å²) in [6.07, 6.45) is 4.48. The third-order valence-corrected chi connectivity index (χ3v) is 2.16. The molecular weight excluding hydrogens is 196 g/mol. The van der Waals surface area contributed by atoms with Crippen LogP contribution < -0.4 is 11.2 Å². The summed E-state index contributed by atoms with van der Waals surface area (Å²) in [7, 11) is 1.60. The van der Waals surface area contributed by atoms with E-state index in [0.29, 0.717) is 0 Å². The smallest absolute Gasteiger partial charge is 0.331 e. The zero-order valence-electron chi connectivity index (χ0n) is 8.21. The van der Waals surface area contributed by atoms with Crippen LogP contribution in [-0.2, 0) is 13.6 Å². The Bertz CT molecular complexity index is 563. The van der Waals surface area contributed by atoms with Crippen molar-refractivity contribution in [3.05, 3.63) is 57.3 Å². The lowest BCUT2D eigenvalue weighted by Gasteiger charge is -2.03. The van der Waals surface area contributed by atoms with Crippen LogP contribution in [0.3, 0.4) is 0 Å². The van der Waals surface area contributed by atoms with Crippen LogP contribution in [-0.4, -0.2) is 9.13 Å². The normalized spacial score (nSPS) is 10.5. The molecule has 5 nitrogen and oxygen atoms in total. The summed E-state index contributed by atoms with van der Waals surface area (Å²) in [6, 6.07) is 3.08. The molecule has 0 aliphatic rings. The van der Waals surface area contributed by atoms with Gasteiger partial charge in [0.25, 0.3) is 5.56 Å². The van der Waals surface area contributed by atoms with Gasteiger partial charge in [0.2, 0.25) is 0 Å². The molecule has 0 N–H and O–H groups in total. The quantitative estimate of drug-likeness (QED) is 0.704. The van der Waals surface area contributed by atoms with Gasteiger partial charge in [-0.05, 0) is 6.07 Å². The van der Waals surface area contributed by atoms with Crippen molar-refractivity contribution in [2.75, 3.05) is 0 Å². The minimum absolute atomic E-state index is 0.239. The Morgan fingerprint density at radius 1 is 1.33 bits per heavy atom. The minimum atomic E-state index is -0.330. The fourth-order valence-corrected chi connectivity index (χ4v) is 1.32. The van der Waals surface area contributed by atoms with Crippen molar-refractivity contribution < 1.29 is 4.42 Å². The molecule has 0 atom stereocenters. The Hall–Kier alpha value is -2.04. The molecule has 2 rings (SSSR count). The lowest BCUT2D eigenvalue weighted by molar-refractivity contribution is 0.558. The van der Waals surface area contributed by atoms with Gasteiger partial charge in [0.15, 0.2) is 0 Å². The van der Waals surface area contributed by atoms with Crippen molar-refractivity contribution in [1.82, 2.24) is 9.13 Å². The molecule has 0 aliphatic heterocycles. The largest absolute Gasteiger partial charge is 0.472 e. The first kappa shape index (κ1) is 9.51. The highest BCUT2D eigenvalue weighted by Gasteiger charge is 2.04. The zero-order valence-corrected chi connectivity index (χ0v) is 8.21. The standard InChI is InChI=1S/C10H10N2O3/c1-11-4-2-9(13)12(10(11)14)6-8-3-5-15-7-8/h2-5,7H,6H2,1H3. The van der Waals surface area contributed by atoms with E-state index < -0.39 is 0 Å². The number of aryl methyl sites for hydroxylation is 1. The van der Waals surface area contributed by atoms with Gasteiger partial charge in [-0.2, -0.15) is 0 Å². The molecule has 0 aliphatic carbocycles. The third-order valence-electron chi connectivity index (χ3n) is 2.16. The van der Waals surface area contributed by atoms with Gasteiger partial charge >= 0.3 is 5.69 Å². The topological polar surface area (TPSA) is 57.1 Å². The Balaban J connectivity index is 2.49. The molecule has 15 heavy (non-hydrogen) atoms. The van der Waals surface area contributed by atoms with Gasteiger partial charge in [-0.15, -0.1) is 0 Å². The first-order valence-corrected chi connectivity index (χ1v) is 4.46. The van der Waals surface area contributed by atoms with Gasteiger partial charge in [-0.1, -0.05) is 0 Å². The van der Waals surface area contributed by atoms with Crippen LogP contribution in [0.4, 0.5) is 0 Å². The van der Waals surface area contributed by atoms with E-state index in [1.165, 1.54) is 29.4 Å². The van der Waals surface area contributed by atoms with Crippen LogP contribution in [0.2, 0.25) is 0 Å². The maximum Gasteiger partial charge on any atom is 0.331 e. The summed E-state index contributed by atoms with van der Waals surface area (Å²) in [5, 5.41) is 0. The molecule has 2 heterocycles. The molecule has 2 aromatic rings. The number of nitrogens with zero attached hydrogens (tertiary/aromatic N) is 2. The summed E-state index contributed by atoms with van der Waals surface area (Å²) < 4.78 is 7.39. The molecule has 0 fully saturated rings. The van der Waals surface area contributed by atoms with Crippen LogP contribution in [0, 0.1) is 0 Å². The molecule has 5 heteroatoms. The number of hydrogen-bond donors (Lipinski definition) is 0. The number of rotatable bonds is 2. The highest BCUT2D eigenvalue weighted by atomic mass is 16.3. The maximum atomic E-state index is 11.6. The van der Waals surface area contributed by atoms with E-state index in [1.54, 1.807) is 13.1 Å². The average molecular weight is 206 g/mol. The summed E-state index contributed by atoms with van der Waals surface area (Å²) in [6.45, 7) is 0.239. The second-order valence-electron chi connectivity index (χ2n) is 3.27. The molecule has 78 valence electrons. The van der Waals surface area contributed by atoms with Crippen molar-refractivity contribution in [1.29, 1.82) is 0 Å². The van der Waals surface area contributed by atoms with Crippen LogP contribution in [0.25, 0.3) is 0 Å². The van der Waals surface area contributed by atoms with Crippen LogP contribution >= 0.6 is 0 Å². The van der Waals surface area contributed by atoms with Crippen molar-refractivity contribution >= 4 is 0 Å². The Morgan fingerprint density at radius 2 is 2.13 bits per heavy atom. The first-order chi connectivity index (χ1) is 7.18. The molecule has 0 aromatic carbocycles. The Morgan fingerprint density at radius 3 is 2.80 bits per heavy atom. The minimum Gasteiger partial charge on any atom is -0.472 e. The average Bonchev–Trinajstić information content (AvgIpc) is 2.71. The summed E-state index contributed by atoms with van der Waals surface area (Å²) in [4.78, 5) is 23.0. The van der Waals surface area contributed by atoms with Crippen LogP contribution in [0.5, 0.6) is 0 Å². The number of aromatic nitrogens is 2. The Labute approximate surface area is 85.2 Å². The lowest BCUT2D eigenvalue weighted by Crippen LogP contribution is -2.38. The predicted molar refractivity (Wildman–Crippen MR) is 53.8 cm³/mol. The number of furan rings is 1. The highest BCUT2D eigenvalue weighted by Crippen LogP contribution is 1.99. The van der Waals surface area contributed by atoms with Gasteiger partial charge in [-0.25, -0.2) is 4.79 Å². The molecule has 0 unspecified atom stereocenters. The van der Waals surface area contributed by atoms with Crippen LogP contribution in [0.15, 0.2) is 44.9 Å². The van der Waals surface area contributed by atoms with E-state index in [1.807, 2.05) is 0 Å². The van der Waals surface area contributed by atoms with E-state index in [9.17, 15) is 9.59 Å². The molecule has 0 amide bonds. The molecule has 2 aromatic heterocycles. The van der Waals surface area contributed by atoms with Gasteiger partial charge in [0.1, 0.15) is 0 Å². The molecule has 0 spiro atoms. The van der Waals surface area contributed by atoms with Crippen molar-refractivity contribution in [2.24, 2.45) is 7.05 Å². The molecule has 0 saturated carbocycles. The van der Waals surface area contributed by atoms with E-state index in [4.69, 9.17) is 4.42 Å². The second-order valence-corrected chi connectivity index (χ2v) is 3.27. The molecular formula is C10H10N2O3. The van der Waals surface area contributed by atoms with E-state index in [2.05, 4.69) is 0 Å². The fourth-order valence-electron chi connectivity index (χ4n) is 1.32. The van der Waals surface area contributed by atoms with E-state index >= 15 is 0 Å². The summed E-state index contributed by atoms with van der Waals surface area (Å²) >= 11 is 0.